The Hall–Kier alpha value is -1.58. The molecule has 1 N–H and O–H groups in total. The largest absolute Gasteiger partial charge is 0.321 e. The molecule has 21 heavy (non-hydrogen) atoms. The van der Waals surface area contributed by atoms with Gasteiger partial charge in [-0.15, -0.1) is 0 Å². The molecule has 0 unspecified atom stereocenters. The van der Waals surface area contributed by atoms with E-state index in [0.717, 1.165) is 27.5 Å². The lowest BCUT2D eigenvalue weighted by molar-refractivity contribution is 0.679. The lowest BCUT2D eigenvalue weighted by Gasteiger charge is -2.14. The van der Waals surface area contributed by atoms with E-state index in [1.165, 1.54) is 12.8 Å². The summed E-state index contributed by atoms with van der Waals surface area (Å²) in [6.45, 7) is 4.55. The molecule has 0 radical (unpaired) electrons. The normalized spacial score (nSPS) is 14.4. The molecule has 1 aromatic carbocycles. The number of pyridine rings is 1. The minimum absolute atomic E-state index is 0.0927. The van der Waals surface area contributed by atoms with Crippen molar-refractivity contribution in [3.63, 3.8) is 0 Å². The van der Waals surface area contributed by atoms with Crippen LogP contribution in [0.3, 0.4) is 0 Å². The lowest BCUT2D eigenvalue weighted by atomic mass is 10.2. The molecule has 2 aromatic rings. The summed E-state index contributed by atoms with van der Waals surface area (Å²) in [6.07, 6.45) is 4.36. The van der Waals surface area contributed by atoms with Gasteiger partial charge in [-0.2, -0.15) is 0 Å². The molecule has 1 aromatic heterocycles. The Bertz CT molecular complexity index is 732. The molecule has 1 heterocycles. The van der Waals surface area contributed by atoms with E-state index in [0.29, 0.717) is 12.6 Å². The summed E-state index contributed by atoms with van der Waals surface area (Å²) in [5, 5.41) is 4.13. The first kappa shape index (κ1) is 14.4. The van der Waals surface area contributed by atoms with Crippen molar-refractivity contribution in [3.05, 3.63) is 62.5 Å². The van der Waals surface area contributed by atoms with Crippen LogP contribution in [0.2, 0.25) is 5.02 Å². The number of aryl methyl sites for hydroxylation is 2. The highest BCUT2D eigenvalue weighted by Crippen LogP contribution is 2.21. The van der Waals surface area contributed by atoms with Gasteiger partial charge in [0, 0.05) is 46.8 Å². The van der Waals surface area contributed by atoms with Crippen LogP contribution in [-0.2, 0) is 6.54 Å². The van der Waals surface area contributed by atoms with Gasteiger partial charge >= 0.3 is 0 Å². The predicted molar refractivity (Wildman–Crippen MR) is 86.4 cm³/mol. The molecule has 1 aliphatic rings. The van der Waals surface area contributed by atoms with Crippen LogP contribution in [0.15, 0.2) is 35.3 Å². The molecule has 0 spiro atoms. The Balaban J connectivity index is 1.97. The van der Waals surface area contributed by atoms with E-state index >= 15 is 0 Å². The van der Waals surface area contributed by atoms with E-state index in [9.17, 15) is 4.79 Å². The molecule has 0 aliphatic heterocycles. The molecular formula is C17H19ClN2O. The number of hydrogen-bond acceptors (Lipinski definition) is 2. The Kier molecular flexibility index (Phi) is 3.87. The fourth-order valence-electron chi connectivity index (χ4n) is 2.36. The van der Waals surface area contributed by atoms with E-state index in [4.69, 9.17) is 11.6 Å². The Morgan fingerprint density at radius 1 is 1.29 bits per heavy atom. The molecule has 0 amide bonds. The molecular weight excluding hydrogens is 284 g/mol. The highest BCUT2D eigenvalue weighted by atomic mass is 35.5. The number of benzene rings is 1. The Labute approximate surface area is 129 Å². The maximum Gasteiger partial charge on any atom is 0.186 e. The monoisotopic (exact) mass is 302 g/mol. The average molecular weight is 303 g/mol. The number of nitrogens with zero attached hydrogens (tertiary/aromatic N) is 1. The molecule has 0 atom stereocenters. The van der Waals surface area contributed by atoms with Gasteiger partial charge in [0.05, 0.1) is 0 Å². The van der Waals surface area contributed by atoms with Gasteiger partial charge in [-0.1, -0.05) is 17.7 Å². The minimum atomic E-state index is 0.0927. The standard InChI is InChI=1S/C17H19ClN2O/c1-11-3-6-15(8-16(11)18)20-10-13(9-19-14-4-5-14)17(21)7-12(20)2/h3,6-8,10,14,19H,4-5,9H2,1-2H3. The van der Waals surface area contributed by atoms with Crippen molar-refractivity contribution in [2.75, 3.05) is 0 Å². The molecule has 110 valence electrons. The third kappa shape index (κ3) is 3.20. The van der Waals surface area contributed by atoms with Crippen molar-refractivity contribution in [2.45, 2.75) is 39.3 Å². The van der Waals surface area contributed by atoms with Gasteiger partial charge in [-0.25, -0.2) is 0 Å². The second kappa shape index (κ2) is 5.66. The third-order valence-electron chi connectivity index (χ3n) is 3.91. The Morgan fingerprint density at radius 3 is 2.71 bits per heavy atom. The van der Waals surface area contributed by atoms with Crippen LogP contribution in [-0.4, -0.2) is 10.6 Å². The Morgan fingerprint density at radius 2 is 2.05 bits per heavy atom. The van der Waals surface area contributed by atoms with Crippen LogP contribution in [0.1, 0.15) is 29.7 Å². The van der Waals surface area contributed by atoms with Crippen molar-refractivity contribution in [3.8, 4) is 5.69 Å². The van der Waals surface area contributed by atoms with E-state index < -0.39 is 0 Å². The van der Waals surface area contributed by atoms with E-state index in [1.807, 2.05) is 42.8 Å². The fourth-order valence-corrected chi connectivity index (χ4v) is 2.53. The predicted octanol–water partition coefficient (Wildman–Crippen LogP) is 3.36. The average Bonchev–Trinajstić information content (AvgIpc) is 3.25. The zero-order valence-corrected chi connectivity index (χ0v) is 13.1. The fraction of sp³-hybridized carbons (Fsp3) is 0.353. The van der Waals surface area contributed by atoms with Crippen molar-refractivity contribution < 1.29 is 0 Å². The van der Waals surface area contributed by atoms with Crippen molar-refractivity contribution >= 4 is 11.6 Å². The van der Waals surface area contributed by atoms with Gasteiger partial charge in [0.2, 0.25) is 0 Å². The maximum absolute atomic E-state index is 12.1. The number of hydrogen-bond donors (Lipinski definition) is 1. The van der Waals surface area contributed by atoms with Crippen molar-refractivity contribution in [1.29, 1.82) is 0 Å². The second-order valence-corrected chi connectivity index (χ2v) is 6.17. The van der Waals surface area contributed by atoms with E-state index in [1.54, 1.807) is 6.07 Å². The summed E-state index contributed by atoms with van der Waals surface area (Å²) in [4.78, 5) is 12.1. The van der Waals surface area contributed by atoms with Crippen LogP contribution < -0.4 is 10.7 Å². The molecule has 1 fully saturated rings. The summed E-state index contributed by atoms with van der Waals surface area (Å²) < 4.78 is 2.02. The van der Waals surface area contributed by atoms with Crippen LogP contribution in [0.25, 0.3) is 5.69 Å². The summed E-state index contributed by atoms with van der Waals surface area (Å²) in [5.41, 5.74) is 3.83. The lowest BCUT2D eigenvalue weighted by Crippen LogP contribution is -2.22. The summed E-state index contributed by atoms with van der Waals surface area (Å²) in [6, 6.07) is 8.24. The summed E-state index contributed by atoms with van der Waals surface area (Å²) in [5.74, 6) is 0. The summed E-state index contributed by atoms with van der Waals surface area (Å²) >= 11 is 6.21. The van der Waals surface area contributed by atoms with Gasteiger partial charge in [0.1, 0.15) is 0 Å². The molecule has 3 rings (SSSR count). The van der Waals surface area contributed by atoms with Crippen LogP contribution in [0, 0.1) is 13.8 Å². The first-order valence-electron chi connectivity index (χ1n) is 7.26. The third-order valence-corrected chi connectivity index (χ3v) is 4.32. The molecule has 1 saturated carbocycles. The molecule has 1 aliphatic carbocycles. The molecule has 0 saturated heterocycles. The van der Waals surface area contributed by atoms with Gasteiger partial charge < -0.3 is 9.88 Å². The van der Waals surface area contributed by atoms with Crippen molar-refractivity contribution in [1.82, 2.24) is 9.88 Å². The summed E-state index contributed by atoms with van der Waals surface area (Å²) in [7, 11) is 0. The van der Waals surface area contributed by atoms with Crippen LogP contribution in [0.5, 0.6) is 0 Å². The number of halogens is 1. The smallest absolute Gasteiger partial charge is 0.186 e. The first-order chi connectivity index (χ1) is 10.0. The molecule has 3 nitrogen and oxygen atoms in total. The zero-order valence-electron chi connectivity index (χ0n) is 12.3. The van der Waals surface area contributed by atoms with Crippen LogP contribution in [0.4, 0.5) is 0 Å². The number of rotatable bonds is 4. The number of aromatic nitrogens is 1. The maximum atomic E-state index is 12.1. The highest BCUT2D eigenvalue weighted by Gasteiger charge is 2.20. The van der Waals surface area contributed by atoms with Crippen molar-refractivity contribution in [2.24, 2.45) is 0 Å². The van der Waals surface area contributed by atoms with Gasteiger partial charge in [0.15, 0.2) is 5.43 Å². The van der Waals surface area contributed by atoms with Gasteiger partial charge in [-0.05, 0) is 44.4 Å². The molecule has 4 heteroatoms. The molecule has 0 bridgehead atoms. The van der Waals surface area contributed by atoms with E-state index in [-0.39, 0.29) is 5.43 Å². The van der Waals surface area contributed by atoms with Crippen LogP contribution >= 0.6 is 11.6 Å². The minimum Gasteiger partial charge on any atom is -0.321 e. The first-order valence-corrected chi connectivity index (χ1v) is 7.64. The van der Waals surface area contributed by atoms with Gasteiger partial charge in [-0.3, -0.25) is 4.79 Å². The SMILES string of the molecule is Cc1ccc(-n2cc(CNC3CC3)c(=O)cc2C)cc1Cl. The quantitative estimate of drug-likeness (QED) is 0.939. The van der Waals surface area contributed by atoms with Gasteiger partial charge in [0.25, 0.3) is 0 Å². The zero-order chi connectivity index (χ0) is 15.0. The topological polar surface area (TPSA) is 34.0 Å². The highest BCUT2D eigenvalue weighted by molar-refractivity contribution is 6.31. The van der Waals surface area contributed by atoms with E-state index in [2.05, 4.69) is 5.32 Å². The number of nitrogens with one attached hydrogen (secondary N) is 1. The second-order valence-electron chi connectivity index (χ2n) is 5.76.